The quantitative estimate of drug-likeness (QED) is 0.406. The van der Waals surface area contributed by atoms with Crippen LogP contribution in [0, 0.1) is 11.7 Å². The lowest BCUT2D eigenvalue weighted by Crippen LogP contribution is -2.47. The van der Waals surface area contributed by atoms with Gasteiger partial charge < -0.3 is 10.4 Å². The Hall–Kier alpha value is -2.39. The minimum atomic E-state index is -5.58. The molecule has 1 saturated carbocycles. The van der Waals surface area contributed by atoms with Gasteiger partial charge in [0.05, 0.1) is 16.5 Å². The highest BCUT2D eigenvalue weighted by atomic mass is 35.5. The zero-order chi connectivity index (χ0) is 30.3. The molecule has 1 fully saturated rings. The SMILES string of the molecule is CCc1nc(C(=O)NC[C@]2(O)CC[C@@H](S(C)(=O)=O)CC2)c(Cl)n1-c1ccc(CC(C(F)(F)F)C(F)(F)F)cc1F. The number of benzene rings is 1. The third kappa shape index (κ3) is 7.27. The molecule has 7 nitrogen and oxygen atoms in total. The summed E-state index contributed by atoms with van der Waals surface area (Å²) in [7, 11) is -3.27. The van der Waals surface area contributed by atoms with Crippen molar-refractivity contribution in [2.75, 3.05) is 12.8 Å². The predicted molar refractivity (Wildman–Crippen MR) is 132 cm³/mol. The van der Waals surface area contributed by atoms with E-state index in [1.807, 2.05) is 0 Å². The number of sulfone groups is 1. The van der Waals surface area contributed by atoms with Gasteiger partial charge in [0, 0.05) is 19.2 Å². The normalized spacial score (nSPS) is 20.6. The van der Waals surface area contributed by atoms with Crippen LogP contribution in [0.2, 0.25) is 5.15 Å². The lowest BCUT2D eigenvalue weighted by atomic mass is 9.84. The van der Waals surface area contributed by atoms with Crippen molar-refractivity contribution in [3.05, 3.63) is 46.3 Å². The molecule has 0 unspecified atom stereocenters. The van der Waals surface area contributed by atoms with Gasteiger partial charge in [-0.2, -0.15) is 26.3 Å². The van der Waals surface area contributed by atoms with Crippen molar-refractivity contribution in [2.45, 2.75) is 68.7 Å². The lowest BCUT2D eigenvalue weighted by Gasteiger charge is -2.35. The van der Waals surface area contributed by atoms with Crippen LogP contribution in [0.1, 0.15) is 54.5 Å². The molecule has 1 amide bonds. The number of carbonyl (C=O) groups excluding carboxylic acids is 1. The number of carbonyl (C=O) groups is 1. The van der Waals surface area contributed by atoms with Gasteiger partial charge in [0.2, 0.25) is 0 Å². The highest BCUT2D eigenvalue weighted by Crippen LogP contribution is 2.41. The van der Waals surface area contributed by atoms with Crippen molar-refractivity contribution in [3.63, 3.8) is 0 Å². The molecule has 0 aliphatic heterocycles. The Morgan fingerprint density at radius 2 is 1.77 bits per heavy atom. The fourth-order valence-electron chi connectivity index (χ4n) is 4.64. The molecule has 1 heterocycles. The molecule has 1 aliphatic carbocycles. The van der Waals surface area contributed by atoms with E-state index in [0.717, 1.165) is 23.0 Å². The van der Waals surface area contributed by atoms with E-state index in [1.165, 1.54) is 0 Å². The summed E-state index contributed by atoms with van der Waals surface area (Å²) in [4.78, 5) is 17.0. The third-order valence-electron chi connectivity index (χ3n) is 6.95. The summed E-state index contributed by atoms with van der Waals surface area (Å²) in [6.07, 6.45) is -10.8. The number of aliphatic hydroxyl groups is 1. The Balaban J connectivity index is 1.81. The minimum Gasteiger partial charge on any atom is -0.388 e. The van der Waals surface area contributed by atoms with Crippen LogP contribution in [0.25, 0.3) is 5.69 Å². The molecule has 224 valence electrons. The van der Waals surface area contributed by atoms with Crippen LogP contribution in [-0.2, 0) is 22.7 Å². The number of hydrogen-bond donors (Lipinski definition) is 2. The monoisotopic (exact) mass is 621 g/mol. The maximum Gasteiger partial charge on any atom is 0.400 e. The Morgan fingerprint density at radius 1 is 1.20 bits per heavy atom. The van der Waals surface area contributed by atoms with Crippen molar-refractivity contribution in [2.24, 2.45) is 5.92 Å². The average Bonchev–Trinajstić information content (AvgIpc) is 3.15. The van der Waals surface area contributed by atoms with Crippen molar-refractivity contribution in [1.29, 1.82) is 0 Å². The Kier molecular flexibility index (Phi) is 9.22. The summed E-state index contributed by atoms with van der Waals surface area (Å²) in [6, 6.07) is 2.39. The number of imidazole rings is 1. The van der Waals surface area contributed by atoms with Crippen LogP contribution >= 0.6 is 11.6 Å². The van der Waals surface area contributed by atoms with Gasteiger partial charge >= 0.3 is 12.4 Å². The first-order chi connectivity index (χ1) is 18.3. The summed E-state index contributed by atoms with van der Waals surface area (Å²) in [5.74, 6) is -5.61. The molecule has 0 saturated heterocycles. The van der Waals surface area contributed by atoms with Crippen LogP contribution in [0.15, 0.2) is 18.2 Å². The molecule has 40 heavy (non-hydrogen) atoms. The van der Waals surface area contributed by atoms with Crippen LogP contribution in [0.4, 0.5) is 30.7 Å². The number of alkyl halides is 6. The molecule has 2 N–H and O–H groups in total. The summed E-state index contributed by atoms with van der Waals surface area (Å²) in [6.45, 7) is 1.36. The average molecular weight is 622 g/mol. The highest BCUT2D eigenvalue weighted by molar-refractivity contribution is 7.91. The maximum atomic E-state index is 15.0. The molecular formula is C24H27ClF7N3O4S. The predicted octanol–water partition coefficient (Wildman–Crippen LogP) is 4.96. The van der Waals surface area contributed by atoms with Crippen molar-refractivity contribution < 1.29 is 49.1 Å². The number of halogens is 8. The van der Waals surface area contributed by atoms with Crippen molar-refractivity contribution in [1.82, 2.24) is 14.9 Å². The number of hydrogen-bond acceptors (Lipinski definition) is 5. The zero-order valence-corrected chi connectivity index (χ0v) is 22.9. The molecule has 1 aromatic heterocycles. The Labute approximate surface area is 230 Å². The Morgan fingerprint density at radius 3 is 2.25 bits per heavy atom. The number of amides is 1. The van der Waals surface area contributed by atoms with Crippen LogP contribution in [0.3, 0.4) is 0 Å². The molecule has 16 heteroatoms. The summed E-state index contributed by atoms with van der Waals surface area (Å²) >= 11 is 6.33. The second-order valence-electron chi connectivity index (χ2n) is 9.92. The third-order valence-corrected chi connectivity index (χ3v) is 8.98. The number of rotatable bonds is 8. The van der Waals surface area contributed by atoms with Gasteiger partial charge in [-0.05, 0) is 49.8 Å². The van der Waals surface area contributed by atoms with E-state index in [2.05, 4.69) is 10.3 Å². The fourth-order valence-corrected chi connectivity index (χ4v) is 6.05. The van der Waals surface area contributed by atoms with E-state index in [9.17, 15) is 49.1 Å². The number of nitrogens with zero attached hydrogens (tertiary/aromatic N) is 2. The summed E-state index contributed by atoms with van der Waals surface area (Å²) < 4.78 is 117. The second-order valence-corrected chi connectivity index (χ2v) is 12.6. The molecule has 3 rings (SSSR count). The van der Waals surface area contributed by atoms with Crippen LogP contribution < -0.4 is 5.32 Å². The molecule has 2 aromatic rings. The van der Waals surface area contributed by atoms with Gasteiger partial charge in [0.15, 0.2) is 11.6 Å². The fraction of sp³-hybridized carbons (Fsp3) is 0.583. The van der Waals surface area contributed by atoms with Crippen molar-refractivity contribution >= 4 is 27.3 Å². The molecule has 1 aliphatic rings. The smallest absolute Gasteiger partial charge is 0.388 e. The van der Waals surface area contributed by atoms with Crippen LogP contribution in [-0.4, -0.2) is 65.0 Å². The number of aryl methyl sites for hydroxylation is 1. The van der Waals surface area contributed by atoms with Gasteiger partial charge in [0.25, 0.3) is 5.91 Å². The number of nitrogens with one attached hydrogen (secondary N) is 1. The van der Waals surface area contributed by atoms with Gasteiger partial charge in [0.1, 0.15) is 26.6 Å². The lowest BCUT2D eigenvalue weighted by molar-refractivity contribution is -0.283. The second kappa shape index (κ2) is 11.5. The molecule has 1 aromatic carbocycles. The van der Waals surface area contributed by atoms with E-state index < -0.39 is 62.7 Å². The highest BCUT2D eigenvalue weighted by Gasteiger charge is 2.56. The largest absolute Gasteiger partial charge is 0.400 e. The molecule has 0 radical (unpaired) electrons. The maximum absolute atomic E-state index is 15.0. The van der Waals surface area contributed by atoms with E-state index in [-0.39, 0.29) is 61.0 Å². The molecular weight excluding hydrogens is 595 g/mol. The van der Waals surface area contributed by atoms with E-state index >= 15 is 0 Å². The van der Waals surface area contributed by atoms with Gasteiger partial charge in [-0.1, -0.05) is 24.6 Å². The first-order valence-electron chi connectivity index (χ1n) is 12.2. The van der Waals surface area contributed by atoms with Crippen molar-refractivity contribution in [3.8, 4) is 5.69 Å². The summed E-state index contributed by atoms with van der Waals surface area (Å²) in [5.41, 5.74) is -2.60. The topological polar surface area (TPSA) is 101 Å². The van der Waals surface area contributed by atoms with Crippen LogP contribution in [0.5, 0.6) is 0 Å². The van der Waals surface area contributed by atoms with Gasteiger partial charge in [-0.3, -0.25) is 9.36 Å². The first kappa shape index (κ1) is 32.1. The molecule has 0 bridgehead atoms. The zero-order valence-electron chi connectivity index (χ0n) is 21.3. The van der Waals surface area contributed by atoms with E-state index in [4.69, 9.17) is 11.6 Å². The molecule has 0 spiro atoms. The van der Waals surface area contributed by atoms with Gasteiger partial charge in [-0.25, -0.2) is 17.8 Å². The van der Waals surface area contributed by atoms with E-state index in [1.54, 1.807) is 6.92 Å². The molecule has 0 atom stereocenters. The minimum absolute atomic E-state index is 0.0811. The Bertz CT molecular complexity index is 1340. The first-order valence-corrected chi connectivity index (χ1v) is 14.5. The van der Waals surface area contributed by atoms with Gasteiger partial charge in [-0.15, -0.1) is 0 Å². The summed E-state index contributed by atoms with van der Waals surface area (Å²) in [5, 5.41) is 12.3. The van der Waals surface area contributed by atoms with E-state index in [0.29, 0.717) is 6.07 Å². The standard InChI is InChI=1S/C24H27ClF7N3O4S/c1-3-18-34-19(21(36)33-12-22(37)8-6-14(7-9-22)40(2,38)39)20(25)35(18)16-5-4-13(10-15(16)26)11-17(23(27,28)29)24(30,31)32/h4-5,10,14,17,37H,3,6-9,11-12H2,1-2H3,(H,33,36)/t14-,22+. The number of aromatic nitrogens is 2.